The Bertz CT molecular complexity index is 482. The van der Waals surface area contributed by atoms with Gasteiger partial charge in [-0.2, -0.15) is 15.4 Å². The van der Waals surface area contributed by atoms with Crippen molar-refractivity contribution < 1.29 is 4.79 Å². The number of fused-ring (bicyclic) bond motifs is 1. The lowest BCUT2D eigenvalue weighted by atomic mass is 9.89. The molecule has 1 N–H and O–H groups in total. The maximum Gasteiger partial charge on any atom is 0.231 e. The van der Waals surface area contributed by atoms with Gasteiger partial charge in [0.05, 0.1) is 17.3 Å². The van der Waals surface area contributed by atoms with Crippen LogP contribution in [0.2, 0.25) is 0 Å². The number of nitrogens with one attached hydrogen (secondary N) is 1. The highest BCUT2D eigenvalue weighted by Crippen LogP contribution is 2.30. The Hall–Kier alpha value is -1.43. The fraction of sp³-hybridized carbons (Fsp3) is 0.786. The normalized spacial score (nSPS) is 21.9. The van der Waals surface area contributed by atoms with Gasteiger partial charge < -0.3 is 9.80 Å². The van der Waals surface area contributed by atoms with Crippen LogP contribution in [-0.4, -0.2) is 64.3 Å². The third-order valence-electron chi connectivity index (χ3n) is 4.52. The van der Waals surface area contributed by atoms with Crippen molar-refractivity contribution >= 4 is 5.91 Å². The van der Waals surface area contributed by atoms with Gasteiger partial charge in [0.15, 0.2) is 0 Å². The van der Waals surface area contributed by atoms with E-state index in [-0.39, 0.29) is 11.8 Å². The van der Waals surface area contributed by atoms with Crippen molar-refractivity contribution in [2.75, 3.05) is 27.2 Å². The smallest absolute Gasteiger partial charge is 0.231 e. The van der Waals surface area contributed by atoms with Crippen LogP contribution in [0, 0.1) is 0 Å². The zero-order valence-electron chi connectivity index (χ0n) is 12.3. The molecule has 6 nitrogen and oxygen atoms in total. The van der Waals surface area contributed by atoms with E-state index in [2.05, 4.69) is 27.4 Å². The summed E-state index contributed by atoms with van der Waals surface area (Å²) in [4.78, 5) is 16.8. The van der Waals surface area contributed by atoms with E-state index in [1.165, 1.54) is 12.8 Å². The minimum atomic E-state index is -0.103. The van der Waals surface area contributed by atoms with Gasteiger partial charge in [0, 0.05) is 26.2 Å². The van der Waals surface area contributed by atoms with Crippen LogP contribution in [0.15, 0.2) is 0 Å². The number of aryl methyl sites for hydroxylation is 1. The molecule has 1 atom stereocenters. The molecule has 1 aromatic heterocycles. The van der Waals surface area contributed by atoms with E-state index in [9.17, 15) is 4.79 Å². The molecule has 0 aliphatic heterocycles. The van der Waals surface area contributed by atoms with Crippen LogP contribution >= 0.6 is 0 Å². The van der Waals surface area contributed by atoms with Crippen LogP contribution in [0.5, 0.6) is 0 Å². The molecular weight excluding hydrogens is 254 g/mol. The van der Waals surface area contributed by atoms with Crippen molar-refractivity contribution in [3.63, 3.8) is 0 Å². The molecule has 6 heteroatoms. The van der Waals surface area contributed by atoms with E-state index in [0.717, 1.165) is 49.8 Å². The highest BCUT2D eigenvalue weighted by Gasteiger charge is 2.32. The van der Waals surface area contributed by atoms with Crippen molar-refractivity contribution in [2.45, 2.75) is 44.1 Å². The predicted molar refractivity (Wildman–Crippen MR) is 75.4 cm³/mol. The third-order valence-corrected chi connectivity index (χ3v) is 4.52. The van der Waals surface area contributed by atoms with E-state index in [0.29, 0.717) is 0 Å². The molecule has 20 heavy (non-hydrogen) atoms. The van der Waals surface area contributed by atoms with Crippen molar-refractivity contribution in [3.8, 4) is 0 Å². The zero-order valence-corrected chi connectivity index (χ0v) is 12.3. The fourth-order valence-corrected chi connectivity index (χ4v) is 2.96. The maximum absolute atomic E-state index is 12.6. The monoisotopic (exact) mass is 277 g/mol. The van der Waals surface area contributed by atoms with Gasteiger partial charge in [0.25, 0.3) is 0 Å². The molecule has 0 unspecified atom stereocenters. The molecule has 1 fully saturated rings. The van der Waals surface area contributed by atoms with Gasteiger partial charge >= 0.3 is 0 Å². The van der Waals surface area contributed by atoms with E-state index in [1.54, 1.807) is 0 Å². The van der Waals surface area contributed by atoms with Crippen molar-refractivity contribution in [3.05, 3.63) is 11.4 Å². The zero-order chi connectivity index (χ0) is 14.1. The summed E-state index contributed by atoms with van der Waals surface area (Å²) in [5.41, 5.74) is 1.83. The number of carbonyl (C=O) groups excluding carboxylic acids is 1. The molecule has 0 bridgehead atoms. The number of hydrogen-bond acceptors (Lipinski definition) is 4. The van der Waals surface area contributed by atoms with E-state index < -0.39 is 0 Å². The summed E-state index contributed by atoms with van der Waals surface area (Å²) in [5, 5.41) is 11.0. The summed E-state index contributed by atoms with van der Waals surface area (Å²) >= 11 is 0. The summed E-state index contributed by atoms with van der Waals surface area (Å²) in [7, 11) is 4.05. The van der Waals surface area contributed by atoms with Crippen molar-refractivity contribution in [1.82, 2.24) is 25.2 Å². The first-order chi connectivity index (χ1) is 9.66. The summed E-state index contributed by atoms with van der Waals surface area (Å²) in [5.74, 6) is 0.0813. The van der Waals surface area contributed by atoms with Gasteiger partial charge in [-0.15, -0.1) is 0 Å². The molecule has 0 spiro atoms. The lowest BCUT2D eigenvalue weighted by Gasteiger charge is -2.27. The highest BCUT2D eigenvalue weighted by atomic mass is 16.2. The molecule has 1 saturated carbocycles. The van der Waals surface area contributed by atoms with Crippen LogP contribution in [-0.2, 0) is 11.2 Å². The van der Waals surface area contributed by atoms with Gasteiger partial charge in [-0.3, -0.25) is 4.79 Å². The first kappa shape index (κ1) is 13.5. The maximum atomic E-state index is 12.6. The van der Waals surface area contributed by atoms with Gasteiger partial charge in [-0.25, -0.2) is 0 Å². The van der Waals surface area contributed by atoms with Crippen LogP contribution in [0.4, 0.5) is 0 Å². The van der Waals surface area contributed by atoms with Gasteiger partial charge in [0.1, 0.15) is 0 Å². The van der Waals surface area contributed by atoms with E-state index >= 15 is 0 Å². The molecule has 110 valence electrons. The van der Waals surface area contributed by atoms with Gasteiger partial charge in [-0.1, -0.05) is 0 Å². The molecule has 1 amide bonds. The van der Waals surface area contributed by atoms with Gasteiger partial charge in [-0.05, 0) is 39.2 Å². The second-order valence-corrected chi connectivity index (χ2v) is 6.07. The number of nitrogens with zero attached hydrogens (tertiary/aromatic N) is 4. The first-order valence-corrected chi connectivity index (χ1v) is 7.51. The molecule has 3 rings (SSSR count). The van der Waals surface area contributed by atoms with E-state index in [4.69, 9.17) is 0 Å². The van der Waals surface area contributed by atoms with Gasteiger partial charge in [0.2, 0.25) is 5.91 Å². The summed E-state index contributed by atoms with van der Waals surface area (Å²) in [6, 6.07) is 0.746. The number of aromatic nitrogens is 3. The first-order valence-electron chi connectivity index (χ1n) is 7.51. The molecular formula is C14H23N5O. The summed E-state index contributed by atoms with van der Waals surface area (Å²) in [6.45, 7) is 1.74. The predicted octanol–water partition coefficient (Wildman–Crippen LogP) is 0.777. The number of H-pyrrole nitrogens is 1. The van der Waals surface area contributed by atoms with Crippen LogP contribution < -0.4 is 0 Å². The topological polar surface area (TPSA) is 65.1 Å². The van der Waals surface area contributed by atoms with Crippen molar-refractivity contribution in [2.24, 2.45) is 0 Å². The van der Waals surface area contributed by atoms with Crippen LogP contribution in [0.3, 0.4) is 0 Å². The largest absolute Gasteiger partial charge is 0.344 e. The SMILES string of the molecule is CN(CCN(C)C1CC1)C(=O)[C@H]1CCCc2n[nH]nc21. The number of rotatable bonds is 5. The quantitative estimate of drug-likeness (QED) is 0.863. The average Bonchev–Trinajstić information content (AvgIpc) is 3.20. The number of hydrogen-bond donors (Lipinski definition) is 1. The number of aromatic amines is 1. The Morgan fingerprint density at radius 3 is 2.80 bits per heavy atom. The molecule has 1 heterocycles. The summed E-state index contributed by atoms with van der Waals surface area (Å²) < 4.78 is 0. The van der Waals surface area contributed by atoms with Crippen molar-refractivity contribution in [1.29, 1.82) is 0 Å². The molecule has 1 aromatic rings. The Kier molecular flexibility index (Phi) is 3.74. The van der Waals surface area contributed by atoms with Crippen LogP contribution in [0.25, 0.3) is 0 Å². The minimum absolute atomic E-state index is 0.103. The molecule has 2 aliphatic carbocycles. The fourth-order valence-electron chi connectivity index (χ4n) is 2.96. The number of likely N-dealkylation sites (N-methyl/N-ethyl adjacent to an activating group) is 2. The molecule has 0 aromatic carbocycles. The molecule has 0 radical (unpaired) electrons. The van der Waals surface area contributed by atoms with Crippen LogP contribution in [0.1, 0.15) is 43.0 Å². The Morgan fingerprint density at radius 1 is 1.25 bits per heavy atom. The Balaban J connectivity index is 1.58. The molecule has 0 saturated heterocycles. The third kappa shape index (κ3) is 2.70. The lowest BCUT2D eigenvalue weighted by Crippen LogP contribution is -2.38. The number of carbonyl (C=O) groups is 1. The molecule has 2 aliphatic rings. The standard InChI is InChI=1S/C14H23N5O/c1-18(10-6-7-10)8-9-19(2)14(20)11-4-3-5-12-13(11)16-17-15-12/h10-11H,3-9H2,1-2H3,(H,15,16,17)/t11-/m0/s1. The number of amides is 1. The Morgan fingerprint density at radius 2 is 2.05 bits per heavy atom. The van der Waals surface area contributed by atoms with E-state index in [1.807, 2.05) is 11.9 Å². The second kappa shape index (κ2) is 5.52. The lowest BCUT2D eigenvalue weighted by molar-refractivity contribution is -0.132. The second-order valence-electron chi connectivity index (χ2n) is 6.07. The highest BCUT2D eigenvalue weighted by molar-refractivity contribution is 5.83. The minimum Gasteiger partial charge on any atom is -0.344 e. The average molecular weight is 277 g/mol. The Labute approximate surface area is 119 Å². The summed E-state index contributed by atoms with van der Waals surface area (Å²) in [6.07, 6.45) is 5.45.